The lowest BCUT2D eigenvalue weighted by Gasteiger charge is -2.09. The van der Waals surface area contributed by atoms with Gasteiger partial charge in [0.15, 0.2) is 0 Å². The number of rotatable bonds is 5. The van der Waals surface area contributed by atoms with Crippen molar-refractivity contribution in [2.45, 2.75) is 19.9 Å². The Morgan fingerprint density at radius 1 is 1.21 bits per heavy atom. The van der Waals surface area contributed by atoms with Crippen LogP contribution < -0.4 is 10.9 Å². The largest absolute Gasteiger partial charge is 0.508 e. The molecule has 0 aliphatic heterocycles. The number of aromatic nitrogens is 5. The second-order valence-electron chi connectivity index (χ2n) is 6.44. The van der Waals surface area contributed by atoms with Gasteiger partial charge < -0.3 is 15.0 Å². The van der Waals surface area contributed by atoms with Gasteiger partial charge in [-0.25, -0.2) is 4.98 Å². The van der Waals surface area contributed by atoms with Crippen LogP contribution in [0, 0.1) is 6.92 Å². The minimum Gasteiger partial charge on any atom is -0.508 e. The number of carbonyl (C=O) groups excluding carboxylic acids is 1. The normalized spacial score (nSPS) is 11.2. The topological polar surface area (TPSA) is 114 Å². The molecule has 9 nitrogen and oxygen atoms in total. The summed E-state index contributed by atoms with van der Waals surface area (Å²) < 4.78 is 2.86. The predicted molar refractivity (Wildman–Crippen MR) is 102 cm³/mol. The van der Waals surface area contributed by atoms with Gasteiger partial charge in [-0.2, -0.15) is 9.50 Å². The number of aromatic hydroxyl groups is 1. The zero-order valence-electron chi connectivity index (χ0n) is 15.2. The molecule has 0 spiro atoms. The molecule has 3 aromatic heterocycles. The summed E-state index contributed by atoms with van der Waals surface area (Å²) in [6, 6.07) is 8.54. The molecule has 2 N–H and O–H groups in total. The van der Waals surface area contributed by atoms with Crippen LogP contribution in [-0.2, 0) is 17.8 Å². The van der Waals surface area contributed by atoms with E-state index in [-0.39, 0.29) is 23.8 Å². The average Bonchev–Trinajstić information content (AvgIpc) is 3.06. The molecular formula is C19H18N6O3. The van der Waals surface area contributed by atoms with Crippen LogP contribution in [0.3, 0.4) is 0 Å². The molecule has 1 aromatic carbocycles. The molecule has 0 bridgehead atoms. The van der Waals surface area contributed by atoms with Gasteiger partial charge in [-0.1, -0.05) is 12.1 Å². The number of fused-ring (bicyclic) bond motifs is 3. The molecule has 0 atom stereocenters. The Balaban J connectivity index is 1.47. The van der Waals surface area contributed by atoms with E-state index in [0.29, 0.717) is 35.5 Å². The number of benzene rings is 1. The number of nitrogens with zero attached hydrogens (tertiary/aromatic N) is 5. The Bertz CT molecular complexity index is 1230. The van der Waals surface area contributed by atoms with Crippen molar-refractivity contribution < 1.29 is 9.90 Å². The predicted octanol–water partition coefficient (Wildman–Crippen LogP) is 0.812. The van der Waals surface area contributed by atoms with E-state index < -0.39 is 0 Å². The summed E-state index contributed by atoms with van der Waals surface area (Å²) in [4.78, 5) is 33.2. The highest BCUT2D eigenvalue weighted by Gasteiger charge is 2.11. The first-order valence-electron chi connectivity index (χ1n) is 8.77. The third kappa shape index (κ3) is 3.41. The fourth-order valence-electron chi connectivity index (χ4n) is 3.00. The Labute approximate surface area is 159 Å². The Morgan fingerprint density at radius 3 is 2.79 bits per heavy atom. The number of hydrogen-bond acceptors (Lipinski definition) is 6. The first-order valence-corrected chi connectivity index (χ1v) is 8.77. The smallest absolute Gasteiger partial charge is 0.262 e. The summed E-state index contributed by atoms with van der Waals surface area (Å²) in [7, 11) is 0. The van der Waals surface area contributed by atoms with Crippen molar-refractivity contribution >= 4 is 22.6 Å². The number of pyridine rings is 1. The van der Waals surface area contributed by atoms with Crippen LogP contribution in [0.15, 0.2) is 47.5 Å². The van der Waals surface area contributed by atoms with E-state index in [1.165, 1.54) is 15.3 Å². The Hall–Kier alpha value is -3.75. The van der Waals surface area contributed by atoms with E-state index in [2.05, 4.69) is 20.4 Å². The zero-order valence-corrected chi connectivity index (χ0v) is 15.2. The van der Waals surface area contributed by atoms with Crippen LogP contribution in [0.4, 0.5) is 0 Å². The van der Waals surface area contributed by atoms with Gasteiger partial charge in [0.25, 0.3) is 11.3 Å². The number of carbonyl (C=O) groups is 1. The third-order valence-electron chi connectivity index (χ3n) is 4.40. The van der Waals surface area contributed by atoms with Crippen molar-refractivity contribution in [2.75, 3.05) is 6.54 Å². The number of aryl methyl sites for hydroxylation is 1. The van der Waals surface area contributed by atoms with Crippen LogP contribution in [-0.4, -0.2) is 41.7 Å². The minimum absolute atomic E-state index is 0.0846. The molecule has 4 rings (SSSR count). The van der Waals surface area contributed by atoms with Crippen molar-refractivity contribution in [3.63, 3.8) is 0 Å². The lowest BCUT2D eigenvalue weighted by molar-refractivity contribution is -0.121. The van der Waals surface area contributed by atoms with E-state index in [9.17, 15) is 14.7 Å². The first-order chi connectivity index (χ1) is 13.5. The van der Waals surface area contributed by atoms with Gasteiger partial charge in [0.05, 0.1) is 10.9 Å². The maximum atomic E-state index is 12.7. The highest BCUT2D eigenvalue weighted by atomic mass is 16.3. The van der Waals surface area contributed by atoms with Crippen molar-refractivity contribution in [1.29, 1.82) is 0 Å². The summed E-state index contributed by atoms with van der Waals surface area (Å²) >= 11 is 0. The molecule has 1 amide bonds. The van der Waals surface area contributed by atoms with Crippen LogP contribution in [0.2, 0.25) is 0 Å². The molecule has 0 aliphatic rings. The van der Waals surface area contributed by atoms with E-state index >= 15 is 0 Å². The average molecular weight is 378 g/mol. The van der Waals surface area contributed by atoms with Crippen LogP contribution >= 0.6 is 0 Å². The lowest BCUT2D eigenvalue weighted by atomic mass is 10.1. The molecular weight excluding hydrogens is 360 g/mol. The Morgan fingerprint density at radius 2 is 2.00 bits per heavy atom. The SMILES string of the molecule is Cc1nc2ncc3c(=O)n(CC(=O)NCCc4ccc(O)cc4)ccc3n2n1. The first kappa shape index (κ1) is 17.7. The molecule has 0 fully saturated rings. The van der Waals surface area contributed by atoms with Gasteiger partial charge in [0.2, 0.25) is 5.91 Å². The standard InChI is InChI=1S/C19H18N6O3/c1-12-22-19-21-10-15-16(25(19)23-12)7-9-24(18(15)28)11-17(27)20-8-6-13-2-4-14(26)5-3-13/h2-5,7,9-10,26H,6,8,11H2,1H3,(H,20,27). The quantitative estimate of drug-likeness (QED) is 0.531. The molecule has 0 aliphatic carbocycles. The van der Waals surface area contributed by atoms with Gasteiger partial charge in [0, 0.05) is 18.9 Å². The van der Waals surface area contributed by atoms with Gasteiger partial charge in [-0.05, 0) is 37.1 Å². The van der Waals surface area contributed by atoms with E-state index in [1.54, 1.807) is 43.5 Å². The van der Waals surface area contributed by atoms with Crippen molar-refractivity contribution in [3.8, 4) is 5.75 Å². The van der Waals surface area contributed by atoms with Gasteiger partial charge in [-0.3, -0.25) is 9.59 Å². The molecule has 142 valence electrons. The maximum absolute atomic E-state index is 12.7. The van der Waals surface area contributed by atoms with Crippen molar-refractivity contribution in [1.82, 2.24) is 29.5 Å². The summed E-state index contributed by atoms with van der Waals surface area (Å²) in [5.74, 6) is 0.938. The number of amides is 1. The number of phenols is 1. The number of nitrogens with one attached hydrogen (secondary N) is 1. The summed E-state index contributed by atoms with van der Waals surface area (Å²) in [6.45, 7) is 2.11. The van der Waals surface area contributed by atoms with Gasteiger partial charge in [-0.15, -0.1) is 5.10 Å². The van der Waals surface area contributed by atoms with E-state index in [4.69, 9.17) is 0 Å². The molecule has 0 saturated carbocycles. The maximum Gasteiger partial charge on any atom is 0.262 e. The monoisotopic (exact) mass is 378 g/mol. The second-order valence-corrected chi connectivity index (χ2v) is 6.44. The summed E-state index contributed by atoms with van der Waals surface area (Å²) in [5.41, 5.74) is 1.28. The fourth-order valence-corrected chi connectivity index (χ4v) is 3.00. The van der Waals surface area contributed by atoms with Crippen molar-refractivity contribution in [3.05, 3.63) is 64.5 Å². The second kappa shape index (κ2) is 7.10. The molecule has 0 radical (unpaired) electrons. The van der Waals surface area contributed by atoms with E-state index in [1.807, 2.05) is 0 Å². The van der Waals surface area contributed by atoms with E-state index in [0.717, 1.165) is 5.56 Å². The summed E-state index contributed by atoms with van der Waals surface area (Å²) in [6.07, 6.45) is 3.66. The highest BCUT2D eigenvalue weighted by molar-refractivity contribution is 5.80. The third-order valence-corrected chi connectivity index (χ3v) is 4.40. The molecule has 0 saturated heterocycles. The Kier molecular flexibility index (Phi) is 4.48. The molecule has 9 heteroatoms. The molecule has 4 aromatic rings. The molecule has 3 heterocycles. The van der Waals surface area contributed by atoms with Crippen molar-refractivity contribution in [2.24, 2.45) is 0 Å². The minimum atomic E-state index is -0.311. The van der Waals surface area contributed by atoms with Gasteiger partial charge >= 0.3 is 0 Å². The van der Waals surface area contributed by atoms with Crippen LogP contribution in [0.5, 0.6) is 5.75 Å². The fraction of sp³-hybridized carbons (Fsp3) is 0.211. The highest BCUT2D eigenvalue weighted by Crippen LogP contribution is 2.11. The van der Waals surface area contributed by atoms with Gasteiger partial charge in [0.1, 0.15) is 18.1 Å². The van der Waals surface area contributed by atoms with Crippen LogP contribution in [0.1, 0.15) is 11.4 Å². The summed E-state index contributed by atoms with van der Waals surface area (Å²) in [5, 5.41) is 16.7. The molecule has 0 unspecified atom stereocenters. The van der Waals surface area contributed by atoms with Crippen LogP contribution in [0.25, 0.3) is 16.7 Å². The zero-order chi connectivity index (χ0) is 19.7. The number of phenolic OH excluding ortho intramolecular Hbond substituents is 1. The number of hydrogen-bond donors (Lipinski definition) is 2. The molecule has 28 heavy (non-hydrogen) atoms. The lowest BCUT2D eigenvalue weighted by Crippen LogP contribution is -2.33.